The van der Waals surface area contributed by atoms with Crippen molar-refractivity contribution in [1.29, 1.82) is 5.26 Å². The molecule has 1 heterocycles. The predicted molar refractivity (Wildman–Crippen MR) is 97.6 cm³/mol. The van der Waals surface area contributed by atoms with Crippen LogP contribution in [0.15, 0.2) is 59.6 Å². The summed E-state index contributed by atoms with van der Waals surface area (Å²) in [5.41, 5.74) is 4.05. The Labute approximate surface area is 151 Å². The summed E-state index contributed by atoms with van der Waals surface area (Å²) in [5.74, 6) is -0.808. The van der Waals surface area contributed by atoms with Gasteiger partial charge in [-0.25, -0.2) is 12.8 Å². The van der Waals surface area contributed by atoms with Gasteiger partial charge in [-0.1, -0.05) is 24.3 Å². The first kappa shape index (κ1) is 17.8. The first-order chi connectivity index (χ1) is 12.3. The van der Waals surface area contributed by atoms with E-state index >= 15 is 0 Å². The van der Waals surface area contributed by atoms with E-state index in [0.29, 0.717) is 16.8 Å². The molecule has 0 aliphatic rings. The third-order valence-corrected chi connectivity index (χ3v) is 5.20. The van der Waals surface area contributed by atoms with Crippen LogP contribution in [0.1, 0.15) is 11.1 Å². The number of pyridine rings is 1. The lowest BCUT2D eigenvalue weighted by Crippen LogP contribution is -2.01. The van der Waals surface area contributed by atoms with Gasteiger partial charge in [0, 0.05) is 23.6 Å². The lowest BCUT2D eigenvalue weighted by molar-refractivity contribution is 0.571. The van der Waals surface area contributed by atoms with E-state index in [1.54, 1.807) is 24.4 Å². The summed E-state index contributed by atoms with van der Waals surface area (Å²) in [7, 11) is -3.63. The van der Waals surface area contributed by atoms with Crippen molar-refractivity contribution < 1.29 is 12.8 Å². The number of halogens is 1. The molecule has 4 nitrogen and oxygen atoms in total. The molecule has 3 aromatic rings. The van der Waals surface area contributed by atoms with Crippen molar-refractivity contribution in [2.75, 3.05) is 6.26 Å². The highest BCUT2D eigenvalue weighted by Gasteiger charge is 2.16. The van der Waals surface area contributed by atoms with Crippen LogP contribution in [0.25, 0.3) is 22.4 Å². The van der Waals surface area contributed by atoms with Crippen LogP contribution in [0.2, 0.25) is 0 Å². The Bertz CT molecular complexity index is 1150. The maximum atomic E-state index is 14.3. The quantitative estimate of drug-likeness (QED) is 0.698. The van der Waals surface area contributed by atoms with Crippen LogP contribution in [-0.4, -0.2) is 19.7 Å². The topological polar surface area (TPSA) is 70.8 Å². The zero-order valence-corrected chi connectivity index (χ0v) is 15.0. The normalized spacial score (nSPS) is 11.2. The van der Waals surface area contributed by atoms with Gasteiger partial charge in [-0.2, -0.15) is 5.26 Å². The van der Waals surface area contributed by atoms with E-state index < -0.39 is 15.7 Å². The molecule has 0 fully saturated rings. The molecule has 1 aromatic heterocycles. The minimum absolute atomic E-state index is 0.340. The lowest BCUT2D eigenvalue weighted by Gasteiger charge is -2.11. The van der Waals surface area contributed by atoms with Gasteiger partial charge in [-0.15, -0.1) is 0 Å². The third-order valence-electron chi connectivity index (χ3n) is 4.07. The van der Waals surface area contributed by atoms with E-state index in [1.807, 2.05) is 25.1 Å². The fourth-order valence-corrected chi connectivity index (χ4v) is 3.50. The second kappa shape index (κ2) is 6.70. The second-order valence-electron chi connectivity index (χ2n) is 5.96. The average Bonchev–Trinajstić information content (AvgIpc) is 2.60. The molecule has 0 saturated heterocycles. The van der Waals surface area contributed by atoms with E-state index in [1.165, 1.54) is 12.1 Å². The van der Waals surface area contributed by atoms with E-state index in [0.717, 1.165) is 22.9 Å². The number of rotatable bonds is 3. The third kappa shape index (κ3) is 3.35. The molecule has 2 aromatic carbocycles. The molecule has 0 spiro atoms. The zero-order valence-electron chi connectivity index (χ0n) is 14.2. The van der Waals surface area contributed by atoms with E-state index in [-0.39, 0.29) is 4.90 Å². The molecule has 3 rings (SSSR count). The van der Waals surface area contributed by atoms with E-state index in [4.69, 9.17) is 5.26 Å². The molecule has 26 heavy (non-hydrogen) atoms. The summed E-state index contributed by atoms with van der Waals surface area (Å²) in [6.07, 6.45) is 2.56. The molecule has 0 bridgehead atoms. The Morgan fingerprint density at radius 1 is 1.08 bits per heavy atom. The van der Waals surface area contributed by atoms with Crippen molar-refractivity contribution in [2.24, 2.45) is 0 Å². The molecule has 0 unspecified atom stereocenters. The maximum absolute atomic E-state index is 14.3. The van der Waals surface area contributed by atoms with Crippen LogP contribution in [0.5, 0.6) is 0 Å². The van der Waals surface area contributed by atoms with Crippen molar-refractivity contribution in [1.82, 2.24) is 4.98 Å². The summed E-state index contributed by atoms with van der Waals surface area (Å²) in [4.78, 5) is 4.01. The first-order valence-corrected chi connectivity index (χ1v) is 9.66. The van der Waals surface area contributed by atoms with Crippen molar-refractivity contribution >= 4 is 9.84 Å². The van der Waals surface area contributed by atoms with Gasteiger partial charge in [0.05, 0.1) is 17.3 Å². The largest absolute Gasteiger partial charge is 0.256 e. The second-order valence-corrected chi connectivity index (χ2v) is 7.94. The van der Waals surface area contributed by atoms with Crippen molar-refractivity contribution in [3.05, 3.63) is 71.7 Å². The highest BCUT2D eigenvalue weighted by molar-refractivity contribution is 7.90. The monoisotopic (exact) mass is 366 g/mol. The van der Waals surface area contributed by atoms with Gasteiger partial charge in [-0.05, 0) is 42.3 Å². The van der Waals surface area contributed by atoms with Gasteiger partial charge < -0.3 is 0 Å². The molecular formula is C20H15FN2O2S. The Hall–Kier alpha value is -3.04. The average molecular weight is 366 g/mol. The summed E-state index contributed by atoms with van der Waals surface area (Å²) in [6.45, 7) is 1.85. The summed E-state index contributed by atoms with van der Waals surface area (Å²) in [5, 5.41) is 9.08. The van der Waals surface area contributed by atoms with Crippen molar-refractivity contribution in [3.63, 3.8) is 0 Å². The van der Waals surface area contributed by atoms with Crippen molar-refractivity contribution in [2.45, 2.75) is 11.8 Å². The number of aryl methyl sites for hydroxylation is 1. The minimum atomic E-state index is -3.63. The van der Waals surface area contributed by atoms with Gasteiger partial charge in [0.15, 0.2) is 9.84 Å². The fraction of sp³-hybridized carbons (Fsp3) is 0.100. The SMILES string of the molecule is Cc1cc(-c2cccnc2-c2ccc(S(C)(=O)=O)c(F)c2)ccc1C#N. The number of nitriles is 1. The molecule has 0 aliphatic carbocycles. The standard InChI is InChI=1S/C20H15FN2O2S/c1-13-10-14(5-6-16(13)12-22)17-4-3-9-23-20(17)15-7-8-19(18(21)11-15)26(2,24)25/h3-11H,1-2H3. The Kier molecular flexibility index (Phi) is 4.58. The van der Waals surface area contributed by atoms with Crippen LogP contribution < -0.4 is 0 Å². The van der Waals surface area contributed by atoms with E-state index in [9.17, 15) is 12.8 Å². The minimum Gasteiger partial charge on any atom is -0.256 e. The van der Waals surface area contributed by atoms with Crippen LogP contribution in [-0.2, 0) is 9.84 Å². The summed E-state index contributed by atoms with van der Waals surface area (Å²) < 4.78 is 37.5. The molecule has 130 valence electrons. The Morgan fingerprint density at radius 3 is 2.42 bits per heavy atom. The van der Waals surface area contributed by atoms with Crippen LogP contribution in [0, 0.1) is 24.1 Å². The number of hydrogen-bond acceptors (Lipinski definition) is 4. The molecule has 0 aliphatic heterocycles. The van der Waals surface area contributed by atoms with Gasteiger partial charge in [0.2, 0.25) is 0 Å². The van der Waals surface area contributed by atoms with Crippen LogP contribution >= 0.6 is 0 Å². The molecule has 0 saturated carbocycles. The smallest absolute Gasteiger partial charge is 0.178 e. The molecular weight excluding hydrogens is 351 g/mol. The maximum Gasteiger partial charge on any atom is 0.178 e. The van der Waals surface area contributed by atoms with Gasteiger partial charge in [-0.3, -0.25) is 4.98 Å². The summed E-state index contributed by atoms with van der Waals surface area (Å²) >= 11 is 0. The zero-order chi connectivity index (χ0) is 18.9. The fourth-order valence-electron chi connectivity index (χ4n) is 2.77. The molecule has 6 heteroatoms. The molecule has 0 amide bonds. The Morgan fingerprint density at radius 2 is 1.81 bits per heavy atom. The van der Waals surface area contributed by atoms with Gasteiger partial charge >= 0.3 is 0 Å². The number of aromatic nitrogens is 1. The number of nitrogens with zero attached hydrogens (tertiary/aromatic N) is 2. The molecule has 0 N–H and O–H groups in total. The molecule has 0 atom stereocenters. The van der Waals surface area contributed by atoms with Crippen LogP contribution in [0.4, 0.5) is 4.39 Å². The number of sulfone groups is 1. The van der Waals surface area contributed by atoms with Gasteiger partial charge in [0.25, 0.3) is 0 Å². The van der Waals surface area contributed by atoms with Gasteiger partial charge in [0.1, 0.15) is 10.7 Å². The molecule has 0 radical (unpaired) electrons. The number of hydrogen-bond donors (Lipinski definition) is 0. The summed E-state index contributed by atoms with van der Waals surface area (Å²) in [6, 6.07) is 15.1. The lowest BCUT2D eigenvalue weighted by atomic mass is 9.96. The Balaban J connectivity index is 2.16. The van der Waals surface area contributed by atoms with Crippen molar-refractivity contribution in [3.8, 4) is 28.5 Å². The number of benzene rings is 2. The highest BCUT2D eigenvalue weighted by atomic mass is 32.2. The van der Waals surface area contributed by atoms with Crippen LogP contribution in [0.3, 0.4) is 0 Å². The highest BCUT2D eigenvalue weighted by Crippen LogP contribution is 2.32. The first-order valence-electron chi connectivity index (χ1n) is 7.77. The predicted octanol–water partition coefficient (Wildman–Crippen LogP) is 4.14. The van der Waals surface area contributed by atoms with E-state index in [2.05, 4.69) is 11.1 Å².